The highest BCUT2D eigenvalue weighted by Crippen LogP contribution is 2.40. The van der Waals surface area contributed by atoms with E-state index in [9.17, 15) is 8.42 Å². The molecular formula is C52H48N2O12S. The van der Waals surface area contributed by atoms with E-state index in [2.05, 4.69) is 9.97 Å². The summed E-state index contributed by atoms with van der Waals surface area (Å²) in [4.78, 5) is 8.95. The van der Waals surface area contributed by atoms with Crippen LogP contribution in [0.5, 0.6) is 69.0 Å². The number of rotatable bonds is 20. The van der Waals surface area contributed by atoms with Crippen LogP contribution in [0.3, 0.4) is 0 Å². The molecule has 0 bridgehead atoms. The quantitative estimate of drug-likeness (QED) is 0.0712. The van der Waals surface area contributed by atoms with Crippen LogP contribution in [-0.4, -0.2) is 72.6 Å². The molecule has 0 spiro atoms. The van der Waals surface area contributed by atoms with Gasteiger partial charge >= 0.3 is 0 Å². The molecule has 0 aliphatic rings. The fourth-order valence-electron chi connectivity index (χ4n) is 7.43. The van der Waals surface area contributed by atoms with E-state index < -0.39 is 33.6 Å². The molecule has 2 unspecified atom stereocenters. The maximum atomic E-state index is 14.6. The Kier molecular flexibility index (Phi) is 14.0. The fraction of sp³-hybridized carbons (Fsp3) is 0.192. The van der Waals surface area contributed by atoms with Crippen molar-refractivity contribution in [3.8, 4) is 69.0 Å². The van der Waals surface area contributed by atoms with E-state index in [1.54, 1.807) is 189 Å². The second kappa shape index (κ2) is 20.5. The van der Waals surface area contributed by atoms with Crippen LogP contribution in [0.2, 0.25) is 0 Å². The largest absolute Gasteiger partial charge is 0.497 e. The Morgan fingerprint density at radius 1 is 0.403 bits per heavy atom. The van der Waals surface area contributed by atoms with Gasteiger partial charge in [0.2, 0.25) is 0 Å². The first-order valence-electron chi connectivity index (χ1n) is 21.0. The Morgan fingerprint density at radius 2 is 0.776 bits per heavy atom. The van der Waals surface area contributed by atoms with E-state index in [1.165, 1.54) is 0 Å². The summed E-state index contributed by atoms with van der Waals surface area (Å²) in [6.07, 6.45) is 1.39. The second-order valence-electron chi connectivity index (χ2n) is 15.1. The highest BCUT2D eigenvalue weighted by Gasteiger charge is 2.29. The Labute approximate surface area is 388 Å². The summed E-state index contributed by atoms with van der Waals surface area (Å²) >= 11 is 0. The highest BCUT2D eigenvalue weighted by molar-refractivity contribution is 7.91. The Bertz CT molecular complexity index is 2890. The minimum atomic E-state index is -3.97. The van der Waals surface area contributed by atoms with E-state index in [0.717, 1.165) is 0 Å². The van der Waals surface area contributed by atoms with Crippen molar-refractivity contribution >= 4 is 31.6 Å². The lowest BCUT2D eigenvalue weighted by Gasteiger charge is -2.24. The van der Waals surface area contributed by atoms with Crippen LogP contribution < -0.4 is 47.4 Å². The van der Waals surface area contributed by atoms with Gasteiger partial charge in [-0.25, -0.2) is 8.42 Å². The third-order valence-electron chi connectivity index (χ3n) is 10.8. The van der Waals surface area contributed by atoms with Gasteiger partial charge in [0, 0.05) is 47.4 Å². The van der Waals surface area contributed by atoms with Crippen molar-refractivity contribution in [1.82, 2.24) is 9.97 Å². The van der Waals surface area contributed by atoms with Crippen LogP contribution in [0, 0.1) is 0 Å². The number of fused-ring (bicyclic) bond motifs is 2. The summed E-state index contributed by atoms with van der Waals surface area (Å²) in [5.74, 6) is 5.39. The van der Waals surface area contributed by atoms with E-state index >= 15 is 0 Å². The van der Waals surface area contributed by atoms with Crippen LogP contribution in [0.15, 0.2) is 146 Å². The van der Waals surface area contributed by atoms with Crippen molar-refractivity contribution in [2.45, 2.75) is 12.2 Å². The summed E-state index contributed by atoms with van der Waals surface area (Å²) in [5.41, 5.74) is 2.50. The number of methoxy groups -OCH3 is 6. The van der Waals surface area contributed by atoms with E-state index in [1.807, 2.05) is 0 Å². The maximum Gasteiger partial charge on any atom is 0.162 e. The number of pyridine rings is 2. The summed E-state index contributed by atoms with van der Waals surface area (Å²) in [5, 5.41) is 1.43. The van der Waals surface area contributed by atoms with Crippen molar-refractivity contribution in [1.29, 1.82) is 0 Å². The molecule has 0 saturated carbocycles. The molecule has 0 N–H and O–H groups in total. The summed E-state index contributed by atoms with van der Waals surface area (Å²) < 4.78 is 87.7. The van der Waals surface area contributed by atoms with Gasteiger partial charge in [0.15, 0.2) is 32.8 Å². The molecule has 2 aromatic heterocycles. The van der Waals surface area contributed by atoms with Crippen LogP contribution in [-0.2, 0) is 9.84 Å². The molecule has 0 aliphatic carbocycles. The zero-order valence-electron chi connectivity index (χ0n) is 37.6. The lowest BCUT2D eigenvalue weighted by Crippen LogP contribution is -2.26. The van der Waals surface area contributed by atoms with Gasteiger partial charge in [-0.05, 0) is 83.9 Å². The van der Waals surface area contributed by atoms with Crippen molar-refractivity contribution in [3.63, 3.8) is 0 Å². The standard InChI is InChI=1S/C52H48N2O12S/c1-57-37-9-7-11-39(25-37)65-51(33-13-17-35(18-14-33)63-45-21-23-53-43-29-49(61-5)47(59-3)27-41(43)45)31-67(55,56)32-52(66-40-12-8-10-38(26-40)58-2)34-15-19-36(20-16-34)64-46-22-24-54-44-30-50(62-6)48(60-4)28-42(44)46/h7-30,51-52H,31-32H2,1-6H3. The Hall–Kier alpha value is -7.91. The number of nitrogens with zero attached hydrogens (tertiary/aromatic N) is 2. The smallest absolute Gasteiger partial charge is 0.162 e. The fourth-order valence-corrected chi connectivity index (χ4v) is 9.01. The van der Waals surface area contributed by atoms with E-state index in [0.29, 0.717) is 102 Å². The summed E-state index contributed by atoms with van der Waals surface area (Å²) in [6.45, 7) is 0. The van der Waals surface area contributed by atoms with Crippen LogP contribution >= 0.6 is 0 Å². The van der Waals surface area contributed by atoms with Crippen molar-refractivity contribution in [2.24, 2.45) is 0 Å². The number of hydrogen-bond acceptors (Lipinski definition) is 14. The molecule has 0 fully saturated rings. The molecule has 6 aromatic carbocycles. The lowest BCUT2D eigenvalue weighted by molar-refractivity contribution is 0.220. The van der Waals surface area contributed by atoms with E-state index in [-0.39, 0.29) is 0 Å². The second-order valence-corrected chi connectivity index (χ2v) is 17.2. The molecule has 0 radical (unpaired) electrons. The predicted molar refractivity (Wildman–Crippen MR) is 254 cm³/mol. The summed E-state index contributed by atoms with van der Waals surface area (Å²) in [6, 6.07) is 38.9. The van der Waals surface area contributed by atoms with Crippen molar-refractivity contribution in [3.05, 3.63) is 157 Å². The first-order valence-corrected chi connectivity index (χ1v) is 22.8. The number of hydrogen-bond donors (Lipinski definition) is 0. The van der Waals surface area contributed by atoms with E-state index in [4.69, 9.17) is 47.4 Å². The first-order chi connectivity index (χ1) is 32.6. The topological polar surface area (TPSA) is 152 Å². The number of benzene rings is 6. The van der Waals surface area contributed by atoms with Crippen molar-refractivity contribution < 1.29 is 55.8 Å². The van der Waals surface area contributed by atoms with Gasteiger partial charge in [0.05, 0.1) is 65.2 Å². The first kappa shape index (κ1) is 45.7. The molecule has 2 atom stereocenters. The molecule has 0 aliphatic heterocycles. The molecule has 67 heavy (non-hydrogen) atoms. The predicted octanol–water partition coefficient (Wildman–Crippen LogP) is 10.8. The van der Waals surface area contributed by atoms with Crippen LogP contribution in [0.4, 0.5) is 0 Å². The Balaban J connectivity index is 1.07. The van der Waals surface area contributed by atoms with Crippen LogP contribution in [0.1, 0.15) is 23.3 Å². The lowest BCUT2D eigenvalue weighted by atomic mass is 10.1. The minimum Gasteiger partial charge on any atom is -0.497 e. The Morgan fingerprint density at radius 3 is 1.15 bits per heavy atom. The number of aromatic nitrogens is 2. The van der Waals surface area contributed by atoms with Gasteiger partial charge in [-0.15, -0.1) is 0 Å². The van der Waals surface area contributed by atoms with Gasteiger partial charge in [-0.3, -0.25) is 9.97 Å². The average Bonchev–Trinajstić information content (AvgIpc) is 3.35. The third-order valence-corrected chi connectivity index (χ3v) is 12.4. The summed E-state index contributed by atoms with van der Waals surface area (Å²) in [7, 11) is 5.39. The molecular weight excluding hydrogens is 877 g/mol. The van der Waals surface area contributed by atoms with Gasteiger partial charge in [0.1, 0.15) is 58.2 Å². The van der Waals surface area contributed by atoms with Gasteiger partial charge in [-0.2, -0.15) is 0 Å². The molecule has 2 heterocycles. The molecule has 0 amide bonds. The molecule has 8 rings (SSSR count). The normalized spacial score (nSPS) is 12.1. The van der Waals surface area contributed by atoms with Crippen LogP contribution in [0.25, 0.3) is 21.8 Å². The molecule has 344 valence electrons. The monoisotopic (exact) mass is 924 g/mol. The zero-order valence-corrected chi connectivity index (χ0v) is 38.4. The molecule has 14 nitrogen and oxygen atoms in total. The molecule has 15 heteroatoms. The van der Waals surface area contributed by atoms with Crippen molar-refractivity contribution in [2.75, 3.05) is 54.2 Å². The third kappa shape index (κ3) is 10.8. The SMILES string of the molecule is COc1cccc(OC(CS(=O)(=O)CC(Oc2cccc(OC)c2)c2ccc(Oc3ccnc4cc(OC)c(OC)cc34)cc2)c2ccc(Oc3ccnc4cc(OC)c(OC)cc34)cc2)c1. The van der Waals surface area contributed by atoms with Gasteiger partial charge in [0.25, 0.3) is 0 Å². The number of sulfone groups is 1. The highest BCUT2D eigenvalue weighted by atomic mass is 32.2. The molecule has 0 saturated heterocycles. The van der Waals surface area contributed by atoms with Gasteiger partial charge in [-0.1, -0.05) is 36.4 Å². The minimum absolute atomic E-state index is 0.399. The zero-order chi connectivity index (χ0) is 46.9. The maximum absolute atomic E-state index is 14.6. The van der Waals surface area contributed by atoms with Gasteiger partial charge < -0.3 is 47.4 Å². The molecule has 8 aromatic rings. The average molecular weight is 925 g/mol. The number of ether oxygens (including phenoxy) is 10.